The van der Waals surface area contributed by atoms with Crippen LogP contribution >= 0.6 is 11.6 Å². The van der Waals surface area contributed by atoms with Gasteiger partial charge in [0.15, 0.2) is 5.65 Å². The summed E-state index contributed by atoms with van der Waals surface area (Å²) in [4.78, 5) is 35.6. The first kappa shape index (κ1) is 23.0. The molecular weight excluding hydrogens is 444 g/mol. The Balaban J connectivity index is 1.75. The smallest absolute Gasteiger partial charge is 0.420 e. The van der Waals surface area contributed by atoms with E-state index in [9.17, 15) is 9.59 Å². The van der Waals surface area contributed by atoms with Crippen LogP contribution in [0.5, 0.6) is 0 Å². The van der Waals surface area contributed by atoms with E-state index in [4.69, 9.17) is 21.1 Å². The van der Waals surface area contributed by atoms with Gasteiger partial charge in [-0.05, 0) is 58.7 Å². The van der Waals surface area contributed by atoms with Crippen molar-refractivity contribution >= 4 is 51.3 Å². The summed E-state index contributed by atoms with van der Waals surface area (Å²) >= 11 is 6.37. The first-order valence-corrected chi connectivity index (χ1v) is 11.1. The predicted molar refractivity (Wildman–Crippen MR) is 127 cm³/mol. The lowest BCUT2D eigenvalue weighted by molar-refractivity contribution is 0.0306. The number of ether oxygens (including phenoxy) is 2. The van der Waals surface area contributed by atoms with E-state index in [1.807, 2.05) is 45.0 Å². The van der Waals surface area contributed by atoms with Crippen LogP contribution in [0.1, 0.15) is 47.1 Å². The fourth-order valence-electron chi connectivity index (χ4n) is 3.72. The van der Waals surface area contributed by atoms with Crippen LogP contribution in [0.25, 0.3) is 27.5 Å². The van der Waals surface area contributed by atoms with E-state index in [0.29, 0.717) is 29.6 Å². The zero-order valence-electron chi connectivity index (χ0n) is 19.6. The molecule has 3 heterocycles. The molecule has 1 amide bonds. The Morgan fingerprint density at radius 2 is 1.67 bits per heavy atom. The van der Waals surface area contributed by atoms with E-state index in [2.05, 4.69) is 9.97 Å². The third kappa shape index (κ3) is 4.66. The first-order valence-electron chi connectivity index (χ1n) is 10.7. The molecule has 4 rings (SSSR count). The lowest BCUT2D eigenvalue weighted by Crippen LogP contribution is -2.35. The summed E-state index contributed by atoms with van der Waals surface area (Å²) in [5.74, 6) is 0. The zero-order chi connectivity index (χ0) is 24.1. The zero-order valence-corrected chi connectivity index (χ0v) is 20.4. The van der Waals surface area contributed by atoms with Gasteiger partial charge in [0.1, 0.15) is 22.7 Å². The van der Waals surface area contributed by atoms with Crippen LogP contribution in [-0.4, -0.2) is 55.9 Å². The van der Waals surface area contributed by atoms with Crippen LogP contribution in [0.2, 0.25) is 5.15 Å². The van der Waals surface area contributed by atoms with Crippen LogP contribution in [-0.2, 0) is 9.47 Å². The summed E-state index contributed by atoms with van der Waals surface area (Å²) in [6.45, 7) is 11.8. The molecule has 0 spiro atoms. The third-order valence-corrected chi connectivity index (χ3v) is 5.31. The molecule has 0 unspecified atom stereocenters. The van der Waals surface area contributed by atoms with Crippen molar-refractivity contribution < 1.29 is 19.1 Å². The second-order valence-corrected chi connectivity index (χ2v) is 10.4. The van der Waals surface area contributed by atoms with Crippen molar-refractivity contribution in [1.29, 1.82) is 0 Å². The number of amides is 1. The lowest BCUT2D eigenvalue weighted by Gasteiger charge is -2.24. The summed E-state index contributed by atoms with van der Waals surface area (Å²) in [7, 11) is 0. The maximum atomic E-state index is 13.1. The van der Waals surface area contributed by atoms with Gasteiger partial charge < -0.3 is 14.4 Å². The van der Waals surface area contributed by atoms with Gasteiger partial charge in [-0.3, -0.25) is 0 Å². The van der Waals surface area contributed by atoms with Gasteiger partial charge in [-0.15, -0.1) is 0 Å². The Hall–Kier alpha value is -3.13. The number of hydrogen-bond acceptors (Lipinski definition) is 6. The molecule has 1 aliphatic heterocycles. The number of rotatable bonds is 1. The van der Waals surface area contributed by atoms with Crippen molar-refractivity contribution in [3.63, 3.8) is 0 Å². The van der Waals surface area contributed by atoms with Gasteiger partial charge in [-0.1, -0.05) is 29.8 Å². The van der Waals surface area contributed by atoms with Gasteiger partial charge in [0.05, 0.1) is 10.9 Å². The number of carbonyl (C=O) groups excluding carboxylic acids is 2. The van der Waals surface area contributed by atoms with Crippen LogP contribution in [0.3, 0.4) is 0 Å². The Labute approximate surface area is 197 Å². The molecule has 8 nitrogen and oxygen atoms in total. The number of hydrogen-bond donors (Lipinski definition) is 0. The summed E-state index contributed by atoms with van der Waals surface area (Å²) in [5.41, 5.74) is 1.58. The first-order chi connectivity index (χ1) is 15.3. The molecule has 0 radical (unpaired) electrons. The number of aromatic nitrogens is 3. The quantitative estimate of drug-likeness (QED) is 0.427. The molecule has 1 aromatic carbocycles. The maximum absolute atomic E-state index is 13.1. The van der Waals surface area contributed by atoms with Crippen LogP contribution < -0.4 is 0 Å². The van der Waals surface area contributed by atoms with Crippen molar-refractivity contribution in [1.82, 2.24) is 19.4 Å². The third-order valence-electron chi connectivity index (χ3n) is 5.02. The Kier molecular flexibility index (Phi) is 5.60. The average molecular weight is 471 g/mol. The summed E-state index contributed by atoms with van der Waals surface area (Å²) < 4.78 is 12.5. The van der Waals surface area contributed by atoms with E-state index in [1.54, 1.807) is 25.7 Å². The molecule has 0 saturated heterocycles. The highest BCUT2D eigenvalue weighted by atomic mass is 35.5. The minimum absolute atomic E-state index is 0.260. The van der Waals surface area contributed by atoms with Gasteiger partial charge in [0.25, 0.3) is 0 Å². The molecule has 0 saturated carbocycles. The van der Waals surface area contributed by atoms with Crippen molar-refractivity contribution in [2.75, 3.05) is 13.1 Å². The normalized spacial score (nSPS) is 14.6. The summed E-state index contributed by atoms with van der Waals surface area (Å²) in [5, 5.41) is 1.59. The van der Waals surface area contributed by atoms with E-state index in [0.717, 1.165) is 16.5 Å². The largest absolute Gasteiger partial charge is 0.444 e. The lowest BCUT2D eigenvalue weighted by atomic mass is 10.0. The second kappa shape index (κ2) is 8.02. The molecule has 9 heteroatoms. The molecule has 0 N–H and O–H groups in total. The second-order valence-electron chi connectivity index (χ2n) is 10.0. The summed E-state index contributed by atoms with van der Waals surface area (Å²) in [6.07, 6.45) is 2.40. The Morgan fingerprint density at radius 1 is 1.00 bits per heavy atom. The Morgan fingerprint density at radius 3 is 2.33 bits per heavy atom. The molecule has 0 bridgehead atoms. The van der Waals surface area contributed by atoms with E-state index >= 15 is 0 Å². The molecule has 0 atom stereocenters. The van der Waals surface area contributed by atoms with E-state index in [-0.39, 0.29) is 11.2 Å². The van der Waals surface area contributed by atoms with Gasteiger partial charge >= 0.3 is 12.2 Å². The van der Waals surface area contributed by atoms with Crippen molar-refractivity contribution in [3.8, 4) is 0 Å². The predicted octanol–water partition coefficient (Wildman–Crippen LogP) is 5.66. The highest BCUT2D eigenvalue weighted by Gasteiger charge is 2.28. The van der Waals surface area contributed by atoms with Gasteiger partial charge in [-0.25, -0.2) is 24.1 Å². The van der Waals surface area contributed by atoms with Crippen molar-refractivity contribution in [2.45, 2.75) is 52.7 Å². The van der Waals surface area contributed by atoms with Crippen molar-refractivity contribution in [3.05, 3.63) is 41.3 Å². The summed E-state index contributed by atoms with van der Waals surface area (Å²) in [6, 6.07) is 5.72. The molecule has 0 fully saturated rings. The Bertz CT molecular complexity index is 1300. The monoisotopic (exact) mass is 470 g/mol. The van der Waals surface area contributed by atoms with Crippen LogP contribution in [0.4, 0.5) is 9.59 Å². The minimum atomic E-state index is -0.684. The van der Waals surface area contributed by atoms with Crippen molar-refractivity contribution in [2.24, 2.45) is 0 Å². The molecule has 1 aliphatic rings. The fourth-order valence-corrected chi connectivity index (χ4v) is 3.95. The van der Waals surface area contributed by atoms with Crippen LogP contribution in [0, 0.1) is 0 Å². The van der Waals surface area contributed by atoms with Crippen LogP contribution in [0.15, 0.2) is 30.6 Å². The highest BCUT2D eigenvalue weighted by Crippen LogP contribution is 2.35. The SMILES string of the molecule is CC(C)(C)OC(=O)N1CC=C(c2ccc3c4c(Cl)ncnc4n(C(=O)OC(C)(C)C)c3c2)C1. The fraction of sp³-hybridized carbons (Fsp3) is 0.417. The van der Waals surface area contributed by atoms with Gasteiger partial charge in [0.2, 0.25) is 0 Å². The highest BCUT2D eigenvalue weighted by molar-refractivity contribution is 6.36. The topological polar surface area (TPSA) is 86.5 Å². The van der Waals surface area contributed by atoms with E-state index in [1.165, 1.54) is 10.9 Å². The number of fused-ring (bicyclic) bond motifs is 3. The molecular formula is C24H27ClN4O4. The number of carbonyl (C=O) groups is 2. The van der Waals surface area contributed by atoms with E-state index < -0.39 is 17.3 Å². The molecule has 174 valence electrons. The average Bonchev–Trinajstić information content (AvgIpc) is 3.28. The molecule has 3 aromatic rings. The minimum Gasteiger partial charge on any atom is -0.444 e. The molecule has 33 heavy (non-hydrogen) atoms. The molecule has 2 aromatic heterocycles. The number of benzene rings is 1. The number of halogens is 1. The standard InChI is InChI=1S/C24H27ClN4O4/c1-23(2,3)32-21(30)28-10-9-15(12-28)14-7-8-16-17(11-14)29(22(31)33-24(4,5)6)20-18(16)19(25)26-13-27-20/h7-9,11,13H,10,12H2,1-6H3. The van der Waals surface area contributed by atoms with Gasteiger partial charge in [-0.2, -0.15) is 0 Å². The molecule has 0 aliphatic carbocycles. The number of nitrogens with zero attached hydrogens (tertiary/aromatic N) is 4. The van der Waals surface area contributed by atoms with Gasteiger partial charge in [0, 0.05) is 18.5 Å². The maximum Gasteiger partial charge on any atom is 0.420 e.